The van der Waals surface area contributed by atoms with Gasteiger partial charge < -0.3 is 19.5 Å². The molecule has 0 saturated carbocycles. The maximum absolute atomic E-state index is 11.9. The molecule has 1 aromatic rings. The molecule has 1 amide bonds. The fourth-order valence-electron chi connectivity index (χ4n) is 1.69. The van der Waals surface area contributed by atoms with E-state index in [1.54, 1.807) is 12.1 Å². The minimum Gasteiger partial charge on any atom is -0.454 e. The fourth-order valence-corrected chi connectivity index (χ4v) is 1.95. The van der Waals surface area contributed by atoms with Crippen LogP contribution in [0.1, 0.15) is 10.4 Å². The summed E-state index contributed by atoms with van der Waals surface area (Å²) < 4.78 is 15.4. The van der Waals surface area contributed by atoms with Gasteiger partial charge in [-0.3, -0.25) is 4.79 Å². The van der Waals surface area contributed by atoms with Gasteiger partial charge in [-0.15, -0.1) is 0 Å². The number of nitrogens with one attached hydrogen (secondary N) is 1. The Hall–Kier alpha value is -1.46. The molecule has 5 nitrogen and oxygen atoms in total. The zero-order chi connectivity index (χ0) is 11.8. The van der Waals surface area contributed by atoms with Crippen LogP contribution in [0.4, 0.5) is 0 Å². The first-order chi connectivity index (χ1) is 8.24. The third-order valence-electron chi connectivity index (χ3n) is 2.66. The molecule has 2 aliphatic heterocycles. The van der Waals surface area contributed by atoms with Gasteiger partial charge in [0, 0.05) is 5.56 Å². The van der Waals surface area contributed by atoms with Crippen LogP contribution in [-0.2, 0) is 4.74 Å². The van der Waals surface area contributed by atoms with Crippen LogP contribution in [0.15, 0.2) is 12.1 Å². The molecule has 1 aromatic carbocycles. The van der Waals surface area contributed by atoms with E-state index in [1.807, 2.05) is 0 Å². The Morgan fingerprint density at radius 1 is 1.35 bits per heavy atom. The third kappa shape index (κ3) is 1.92. The Morgan fingerprint density at radius 2 is 2.18 bits per heavy atom. The van der Waals surface area contributed by atoms with Crippen molar-refractivity contribution in [3.05, 3.63) is 22.7 Å². The molecular formula is C11H10ClNO4. The van der Waals surface area contributed by atoms with Crippen LogP contribution in [0.2, 0.25) is 5.02 Å². The van der Waals surface area contributed by atoms with Gasteiger partial charge in [0.2, 0.25) is 6.79 Å². The topological polar surface area (TPSA) is 56.8 Å². The number of benzene rings is 1. The maximum atomic E-state index is 11.9. The molecule has 1 fully saturated rings. The lowest BCUT2D eigenvalue weighted by atomic mass is 10.1. The largest absolute Gasteiger partial charge is 0.454 e. The average molecular weight is 256 g/mol. The lowest BCUT2D eigenvalue weighted by molar-refractivity contribution is -0.00346. The van der Waals surface area contributed by atoms with Gasteiger partial charge in [0.15, 0.2) is 11.5 Å². The molecule has 2 aliphatic rings. The van der Waals surface area contributed by atoms with E-state index in [4.69, 9.17) is 25.8 Å². The van der Waals surface area contributed by atoms with E-state index in [0.29, 0.717) is 35.3 Å². The van der Waals surface area contributed by atoms with E-state index < -0.39 is 0 Å². The van der Waals surface area contributed by atoms with Crippen LogP contribution in [-0.4, -0.2) is 32.0 Å². The summed E-state index contributed by atoms with van der Waals surface area (Å²) in [6, 6.07) is 3.29. The molecule has 3 rings (SSSR count). The molecule has 2 heterocycles. The van der Waals surface area contributed by atoms with Crippen molar-refractivity contribution < 1.29 is 19.0 Å². The van der Waals surface area contributed by atoms with E-state index in [2.05, 4.69) is 5.32 Å². The number of halogens is 1. The number of hydrogen-bond acceptors (Lipinski definition) is 4. The maximum Gasteiger partial charge on any atom is 0.251 e. The number of fused-ring (bicyclic) bond motifs is 1. The van der Waals surface area contributed by atoms with E-state index >= 15 is 0 Å². The summed E-state index contributed by atoms with van der Waals surface area (Å²) >= 11 is 5.99. The molecule has 1 saturated heterocycles. The summed E-state index contributed by atoms with van der Waals surface area (Å²) in [6.07, 6.45) is 0. The highest BCUT2D eigenvalue weighted by atomic mass is 35.5. The zero-order valence-electron chi connectivity index (χ0n) is 8.86. The monoisotopic (exact) mass is 255 g/mol. The highest BCUT2D eigenvalue weighted by Gasteiger charge is 2.24. The van der Waals surface area contributed by atoms with Gasteiger partial charge in [0.05, 0.1) is 24.3 Å². The Labute approximate surface area is 103 Å². The Kier molecular flexibility index (Phi) is 2.57. The van der Waals surface area contributed by atoms with E-state index in [1.165, 1.54) is 0 Å². The first-order valence-electron chi connectivity index (χ1n) is 5.22. The Bertz CT molecular complexity index is 473. The lowest BCUT2D eigenvalue weighted by Crippen LogP contribution is -2.48. The molecule has 6 heteroatoms. The van der Waals surface area contributed by atoms with Gasteiger partial charge >= 0.3 is 0 Å². The number of amides is 1. The van der Waals surface area contributed by atoms with Gasteiger partial charge in [-0.25, -0.2) is 0 Å². The molecule has 0 bridgehead atoms. The van der Waals surface area contributed by atoms with Crippen LogP contribution >= 0.6 is 11.6 Å². The van der Waals surface area contributed by atoms with Crippen molar-refractivity contribution in [1.29, 1.82) is 0 Å². The van der Waals surface area contributed by atoms with Crippen LogP contribution in [0.5, 0.6) is 11.5 Å². The number of ether oxygens (including phenoxy) is 3. The van der Waals surface area contributed by atoms with E-state index in [0.717, 1.165) is 0 Å². The second-order valence-electron chi connectivity index (χ2n) is 3.90. The van der Waals surface area contributed by atoms with Gasteiger partial charge in [-0.2, -0.15) is 0 Å². The predicted molar refractivity (Wildman–Crippen MR) is 59.6 cm³/mol. The smallest absolute Gasteiger partial charge is 0.251 e. The fraction of sp³-hybridized carbons (Fsp3) is 0.364. The Balaban J connectivity index is 1.82. The van der Waals surface area contributed by atoms with Crippen molar-refractivity contribution in [2.45, 2.75) is 6.04 Å². The third-order valence-corrected chi connectivity index (χ3v) is 2.94. The van der Waals surface area contributed by atoms with Crippen LogP contribution < -0.4 is 14.8 Å². The summed E-state index contributed by atoms with van der Waals surface area (Å²) in [4.78, 5) is 11.9. The lowest BCUT2D eigenvalue weighted by Gasteiger charge is -2.26. The van der Waals surface area contributed by atoms with Crippen LogP contribution in [0.25, 0.3) is 0 Å². The summed E-state index contributed by atoms with van der Waals surface area (Å²) in [5, 5.41) is 3.22. The van der Waals surface area contributed by atoms with Crippen molar-refractivity contribution >= 4 is 17.5 Å². The minimum atomic E-state index is -0.182. The predicted octanol–water partition coefficient (Wildman–Crippen LogP) is 1.20. The SMILES string of the molecule is O=C(NC1COC1)c1cc(Cl)c2c(c1)OCO2. The quantitative estimate of drug-likeness (QED) is 0.863. The van der Waals surface area contributed by atoms with Crippen LogP contribution in [0.3, 0.4) is 0 Å². The average Bonchev–Trinajstić information content (AvgIpc) is 2.71. The molecule has 1 N–H and O–H groups in total. The van der Waals surface area contributed by atoms with Gasteiger partial charge in [0.1, 0.15) is 0 Å². The molecule has 0 radical (unpaired) electrons. The first kappa shape index (κ1) is 10.7. The second kappa shape index (κ2) is 4.09. The van der Waals surface area contributed by atoms with Crippen molar-refractivity contribution in [2.75, 3.05) is 20.0 Å². The molecule has 17 heavy (non-hydrogen) atoms. The summed E-state index contributed by atoms with van der Waals surface area (Å²) in [6.45, 7) is 1.25. The standard InChI is InChI=1S/C11H10ClNO4/c12-8-1-6(2-9-10(8)17-5-16-9)11(14)13-7-3-15-4-7/h1-2,7H,3-5H2,(H,13,14). The molecule has 0 spiro atoms. The van der Waals surface area contributed by atoms with E-state index in [9.17, 15) is 4.79 Å². The van der Waals surface area contributed by atoms with Crippen molar-refractivity contribution in [3.63, 3.8) is 0 Å². The minimum absolute atomic E-state index is 0.0895. The number of carbonyl (C=O) groups is 1. The normalized spacial score (nSPS) is 17.7. The van der Waals surface area contributed by atoms with Crippen LogP contribution in [0, 0.1) is 0 Å². The molecular weight excluding hydrogens is 246 g/mol. The summed E-state index contributed by atoms with van der Waals surface area (Å²) in [5.41, 5.74) is 0.464. The van der Waals surface area contributed by atoms with Crippen molar-refractivity contribution in [3.8, 4) is 11.5 Å². The van der Waals surface area contributed by atoms with E-state index in [-0.39, 0.29) is 18.7 Å². The molecule has 90 valence electrons. The van der Waals surface area contributed by atoms with Gasteiger partial charge in [0.25, 0.3) is 5.91 Å². The summed E-state index contributed by atoms with van der Waals surface area (Å²) in [7, 11) is 0. The van der Waals surface area contributed by atoms with Gasteiger partial charge in [-0.05, 0) is 12.1 Å². The van der Waals surface area contributed by atoms with Crippen molar-refractivity contribution in [1.82, 2.24) is 5.32 Å². The van der Waals surface area contributed by atoms with Crippen molar-refractivity contribution in [2.24, 2.45) is 0 Å². The highest BCUT2D eigenvalue weighted by Crippen LogP contribution is 2.39. The number of hydrogen-bond donors (Lipinski definition) is 1. The zero-order valence-corrected chi connectivity index (χ0v) is 9.62. The summed E-state index contributed by atoms with van der Waals surface area (Å²) in [5.74, 6) is 0.821. The number of rotatable bonds is 2. The van der Waals surface area contributed by atoms with Gasteiger partial charge in [-0.1, -0.05) is 11.6 Å². The second-order valence-corrected chi connectivity index (χ2v) is 4.31. The first-order valence-corrected chi connectivity index (χ1v) is 5.59. The number of carbonyl (C=O) groups excluding carboxylic acids is 1. The molecule has 0 atom stereocenters. The highest BCUT2D eigenvalue weighted by molar-refractivity contribution is 6.32. The molecule has 0 unspecified atom stereocenters. The molecule has 0 aliphatic carbocycles. The Morgan fingerprint density at radius 3 is 2.88 bits per heavy atom. The molecule has 0 aromatic heterocycles.